The van der Waals surface area contributed by atoms with E-state index in [9.17, 15) is 0 Å². The van der Waals surface area contributed by atoms with Crippen LogP contribution in [0.2, 0.25) is 0 Å². The van der Waals surface area contributed by atoms with Gasteiger partial charge in [-0.15, -0.1) is 24.0 Å². The van der Waals surface area contributed by atoms with Crippen LogP contribution in [0.3, 0.4) is 0 Å². The molecule has 0 saturated heterocycles. The summed E-state index contributed by atoms with van der Waals surface area (Å²) in [5.41, 5.74) is 1.26. The van der Waals surface area contributed by atoms with Crippen LogP contribution in [0.5, 0.6) is 5.75 Å². The van der Waals surface area contributed by atoms with Crippen LogP contribution in [-0.4, -0.2) is 49.7 Å². The summed E-state index contributed by atoms with van der Waals surface area (Å²) < 4.78 is 6.47. The summed E-state index contributed by atoms with van der Waals surface area (Å²) in [4.78, 5) is 7.08. The molecule has 1 spiro atoms. The minimum Gasteiger partial charge on any atom is -0.487 e. The summed E-state index contributed by atoms with van der Waals surface area (Å²) in [7, 11) is 2.13. The molecule has 3 rings (SSSR count). The summed E-state index contributed by atoms with van der Waals surface area (Å²) in [6.45, 7) is 7.98. The maximum Gasteiger partial charge on any atom is 0.191 e. The molecule has 1 aliphatic carbocycles. The average molecular weight is 486 g/mol. The average Bonchev–Trinajstić information content (AvgIpc) is 3.09. The third-order valence-corrected chi connectivity index (χ3v) is 5.66. The van der Waals surface area contributed by atoms with E-state index in [1.807, 2.05) is 0 Å². The normalized spacial score (nSPS) is 20.7. The first-order valence-corrected chi connectivity index (χ1v) is 10.2. The van der Waals surface area contributed by atoms with Crippen molar-refractivity contribution in [3.8, 4) is 5.75 Å². The van der Waals surface area contributed by atoms with Gasteiger partial charge in [0.2, 0.25) is 0 Å². The van der Waals surface area contributed by atoms with Crippen LogP contribution in [0, 0.1) is 0 Å². The van der Waals surface area contributed by atoms with Crippen LogP contribution in [-0.2, 0) is 0 Å². The lowest BCUT2D eigenvalue weighted by Crippen LogP contribution is -2.46. The standard InChI is InChI=1S/C21H34N4O.HI/c1-4-22-20(23-14-15-25(3)5-2)24-18-16-21(12-8-9-13-21)26-19-11-7-6-10-17(18)19;/h6-7,10-11,18H,4-5,8-9,12-16H2,1-3H3,(H2,22,23,24);1H. The molecule has 27 heavy (non-hydrogen) atoms. The van der Waals surface area contributed by atoms with Crippen molar-refractivity contribution >= 4 is 29.9 Å². The highest BCUT2D eigenvalue weighted by molar-refractivity contribution is 14.0. The molecule has 0 bridgehead atoms. The Morgan fingerprint density at radius 2 is 2.00 bits per heavy atom. The Kier molecular flexibility index (Phi) is 8.66. The van der Waals surface area contributed by atoms with Crippen LogP contribution < -0.4 is 15.4 Å². The lowest BCUT2D eigenvalue weighted by Gasteiger charge is -2.40. The molecule has 0 aromatic heterocycles. The maximum atomic E-state index is 6.47. The molecule has 1 atom stereocenters. The molecule has 1 heterocycles. The molecule has 1 aliphatic heterocycles. The molecule has 5 nitrogen and oxygen atoms in total. The van der Waals surface area contributed by atoms with Crippen LogP contribution in [0.1, 0.15) is 57.6 Å². The summed E-state index contributed by atoms with van der Waals surface area (Å²) in [5, 5.41) is 7.11. The number of rotatable bonds is 6. The van der Waals surface area contributed by atoms with E-state index in [0.29, 0.717) is 0 Å². The quantitative estimate of drug-likeness (QED) is 0.363. The molecule has 1 aromatic rings. The highest BCUT2D eigenvalue weighted by atomic mass is 127. The highest BCUT2D eigenvalue weighted by Crippen LogP contribution is 2.46. The lowest BCUT2D eigenvalue weighted by atomic mass is 9.86. The smallest absolute Gasteiger partial charge is 0.191 e. The van der Waals surface area contributed by atoms with E-state index in [2.05, 4.69) is 60.7 Å². The lowest BCUT2D eigenvalue weighted by molar-refractivity contribution is 0.0396. The second kappa shape index (κ2) is 10.5. The molecule has 0 radical (unpaired) electrons. The Labute approximate surface area is 181 Å². The van der Waals surface area contributed by atoms with E-state index in [-0.39, 0.29) is 35.6 Å². The third-order valence-electron chi connectivity index (χ3n) is 5.66. The molecule has 152 valence electrons. The molecule has 1 unspecified atom stereocenters. The fourth-order valence-electron chi connectivity index (χ4n) is 4.05. The van der Waals surface area contributed by atoms with E-state index in [1.54, 1.807) is 0 Å². The number of likely N-dealkylation sites (N-methyl/N-ethyl adjacent to an activating group) is 1. The number of guanidine groups is 1. The first-order valence-electron chi connectivity index (χ1n) is 10.2. The number of hydrogen-bond donors (Lipinski definition) is 2. The van der Waals surface area contributed by atoms with Crippen molar-refractivity contribution in [3.63, 3.8) is 0 Å². The first kappa shape index (κ1) is 22.3. The second-order valence-electron chi connectivity index (χ2n) is 7.59. The summed E-state index contributed by atoms with van der Waals surface area (Å²) >= 11 is 0. The Hall–Kier alpha value is -1.02. The summed E-state index contributed by atoms with van der Waals surface area (Å²) in [6, 6.07) is 8.72. The van der Waals surface area contributed by atoms with Crippen molar-refractivity contribution < 1.29 is 4.74 Å². The Morgan fingerprint density at radius 1 is 1.26 bits per heavy atom. The highest BCUT2D eigenvalue weighted by Gasteiger charge is 2.43. The monoisotopic (exact) mass is 486 g/mol. The molecule has 1 saturated carbocycles. The third kappa shape index (κ3) is 5.73. The number of para-hydroxylation sites is 1. The van der Waals surface area contributed by atoms with Crippen LogP contribution in [0.15, 0.2) is 29.3 Å². The van der Waals surface area contributed by atoms with Gasteiger partial charge < -0.3 is 20.3 Å². The first-order chi connectivity index (χ1) is 12.7. The number of fused-ring (bicyclic) bond motifs is 1. The van der Waals surface area contributed by atoms with Gasteiger partial charge in [0.15, 0.2) is 5.96 Å². The number of nitrogens with zero attached hydrogens (tertiary/aromatic N) is 2. The number of aliphatic imine (C=N–C) groups is 1. The topological polar surface area (TPSA) is 48.9 Å². The second-order valence-corrected chi connectivity index (χ2v) is 7.59. The molecule has 2 aliphatic rings. The zero-order valence-electron chi connectivity index (χ0n) is 17.0. The van der Waals surface area contributed by atoms with Gasteiger partial charge in [0.1, 0.15) is 11.4 Å². The zero-order valence-corrected chi connectivity index (χ0v) is 19.3. The maximum absolute atomic E-state index is 6.47. The van der Waals surface area contributed by atoms with Gasteiger partial charge >= 0.3 is 0 Å². The van der Waals surface area contributed by atoms with Gasteiger partial charge in [0, 0.05) is 25.1 Å². The van der Waals surface area contributed by atoms with Crippen LogP contribution in [0.4, 0.5) is 0 Å². The van der Waals surface area contributed by atoms with Crippen LogP contribution in [0.25, 0.3) is 0 Å². The largest absolute Gasteiger partial charge is 0.487 e. The zero-order chi connectivity index (χ0) is 18.4. The fourth-order valence-corrected chi connectivity index (χ4v) is 4.05. The van der Waals surface area contributed by atoms with Gasteiger partial charge in [-0.25, -0.2) is 0 Å². The van der Waals surface area contributed by atoms with E-state index >= 15 is 0 Å². The number of nitrogens with one attached hydrogen (secondary N) is 2. The van der Waals surface area contributed by atoms with Crippen LogP contribution >= 0.6 is 24.0 Å². The number of benzene rings is 1. The molecule has 6 heteroatoms. The Morgan fingerprint density at radius 3 is 2.70 bits per heavy atom. The van der Waals surface area contributed by atoms with Gasteiger partial charge in [0.25, 0.3) is 0 Å². The number of hydrogen-bond acceptors (Lipinski definition) is 3. The molecular weight excluding hydrogens is 451 g/mol. The number of ether oxygens (including phenoxy) is 1. The van der Waals surface area contributed by atoms with Crippen molar-refractivity contribution in [2.24, 2.45) is 4.99 Å². The minimum absolute atomic E-state index is 0. The molecule has 2 N–H and O–H groups in total. The van der Waals surface area contributed by atoms with Crippen molar-refractivity contribution in [2.75, 3.05) is 33.2 Å². The van der Waals surface area contributed by atoms with E-state index < -0.39 is 0 Å². The minimum atomic E-state index is 0. The van der Waals surface area contributed by atoms with Gasteiger partial charge in [-0.05, 0) is 52.3 Å². The van der Waals surface area contributed by atoms with E-state index in [4.69, 9.17) is 9.73 Å². The van der Waals surface area contributed by atoms with Crippen molar-refractivity contribution in [3.05, 3.63) is 29.8 Å². The molecule has 0 amide bonds. The van der Waals surface area contributed by atoms with Crippen molar-refractivity contribution in [1.82, 2.24) is 15.5 Å². The summed E-state index contributed by atoms with van der Waals surface area (Å²) in [6.07, 6.45) is 5.88. The van der Waals surface area contributed by atoms with Gasteiger partial charge in [0.05, 0.1) is 12.6 Å². The van der Waals surface area contributed by atoms with Gasteiger partial charge in [-0.1, -0.05) is 25.1 Å². The molecule has 1 fully saturated rings. The predicted octanol–water partition coefficient (Wildman–Crippen LogP) is 3.95. The SMILES string of the molecule is CCNC(=NCCN(C)CC)NC1CC2(CCCC2)Oc2ccccc21.I. The number of halogens is 1. The Balaban J connectivity index is 0.00000261. The predicted molar refractivity (Wildman–Crippen MR) is 123 cm³/mol. The molecule has 1 aromatic carbocycles. The Bertz CT molecular complexity index is 616. The van der Waals surface area contributed by atoms with Gasteiger partial charge in [-0.2, -0.15) is 0 Å². The summed E-state index contributed by atoms with van der Waals surface area (Å²) in [5.74, 6) is 1.95. The van der Waals surface area contributed by atoms with E-state index in [0.717, 1.165) is 57.2 Å². The fraction of sp³-hybridized carbons (Fsp3) is 0.667. The van der Waals surface area contributed by atoms with Crippen molar-refractivity contribution in [2.45, 2.75) is 57.6 Å². The van der Waals surface area contributed by atoms with Gasteiger partial charge in [-0.3, -0.25) is 4.99 Å². The molecular formula is C21H35IN4O. The van der Waals surface area contributed by atoms with Crippen molar-refractivity contribution in [1.29, 1.82) is 0 Å². The van der Waals surface area contributed by atoms with E-state index in [1.165, 1.54) is 18.4 Å².